The number of nitriles is 1. The van der Waals surface area contributed by atoms with Crippen molar-refractivity contribution in [3.05, 3.63) is 35.4 Å². The minimum atomic E-state index is -3.35. The molecule has 1 aromatic rings. The number of piperidine rings is 1. The zero-order valence-electron chi connectivity index (χ0n) is 11.9. The molecule has 21 heavy (non-hydrogen) atoms. The van der Waals surface area contributed by atoms with Gasteiger partial charge in [-0.1, -0.05) is 19.1 Å². The van der Waals surface area contributed by atoms with Crippen LogP contribution >= 0.6 is 12.4 Å². The van der Waals surface area contributed by atoms with Gasteiger partial charge in [0.05, 0.1) is 17.4 Å². The number of benzene rings is 1. The molecular formula is C14H20ClN3O2S. The van der Waals surface area contributed by atoms with Crippen LogP contribution in [0.2, 0.25) is 0 Å². The van der Waals surface area contributed by atoms with E-state index in [0.717, 1.165) is 0 Å². The van der Waals surface area contributed by atoms with Gasteiger partial charge in [-0.15, -0.1) is 12.4 Å². The molecule has 0 aliphatic carbocycles. The van der Waals surface area contributed by atoms with E-state index in [9.17, 15) is 8.42 Å². The maximum atomic E-state index is 12.4. The van der Waals surface area contributed by atoms with Gasteiger partial charge in [-0.2, -0.15) is 5.26 Å². The Bertz CT molecular complexity index is 627. The Balaban J connectivity index is 0.00000220. The monoisotopic (exact) mass is 329 g/mol. The second-order valence-electron chi connectivity index (χ2n) is 5.36. The van der Waals surface area contributed by atoms with Crippen molar-refractivity contribution in [3.8, 4) is 6.07 Å². The van der Waals surface area contributed by atoms with E-state index in [1.165, 1.54) is 4.31 Å². The van der Waals surface area contributed by atoms with Gasteiger partial charge in [0, 0.05) is 19.1 Å². The van der Waals surface area contributed by atoms with Crippen LogP contribution in [0.5, 0.6) is 0 Å². The Morgan fingerprint density at radius 1 is 1.48 bits per heavy atom. The van der Waals surface area contributed by atoms with E-state index in [2.05, 4.69) is 0 Å². The zero-order chi connectivity index (χ0) is 14.8. The molecule has 1 aromatic carbocycles. The van der Waals surface area contributed by atoms with Crippen LogP contribution in [0.15, 0.2) is 24.3 Å². The van der Waals surface area contributed by atoms with Crippen LogP contribution in [-0.2, 0) is 15.8 Å². The molecule has 5 nitrogen and oxygen atoms in total. The van der Waals surface area contributed by atoms with Crippen LogP contribution in [-0.4, -0.2) is 31.9 Å². The van der Waals surface area contributed by atoms with E-state index in [4.69, 9.17) is 11.0 Å². The van der Waals surface area contributed by atoms with Gasteiger partial charge < -0.3 is 5.73 Å². The highest BCUT2D eigenvalue weighted by atomic mass is 35.5. The van der Waals surface area contributed by atoms with Crippen molar-refractivity contribution in [2.45, 2.75) is 25.1 Å². The lowest BCUT2D eigenvalue weighted by molar-refractivity contribution is 0.250. The molecule has 2 unspecified atom stereocenters. The number of sulfonamides is 1. The third-order valence-electron chi connectivity index (χ3n) is 3.73. The summed E-state index contributed by atoms with van der Waals surface area (Å²) in [6.07, 6.45) is 0.693. The molecule has 0 amide bonds. The summed E-state index contributed by atoms with van der Waals surface area (Å²) in [4.78, 5) is 0. The molecule has 1 aliphatic heterocycles. The Morgan fingerprint density at radius 3 is 2.81 bits per heavy atom. The molecule has 1 saturated heterocycles. The summed E-state index contributed by atoms with van der Waals surface area (Å²) >= 11 is 0. The van der Waals surface area contributed by atoms with Crippen LogP contribution in [0, 0.1) is 17.2 Å². The molecule has 2 N–H and O–H groups in total. The lowest BCUT2D eigenvalue weighted by Gasteiger charge is -2.34. The summed E-state index contributed by atoms with van der Waals surface area (Å²) in [5, 5.41) is 8.85. The third kappa shape index (κ3) is 4.42. The van der Waals surface area contributed by atoms with Gasteiger partial charge in [0.1, 0.15) is 0 Å². The van der Waals surface area contributed by atoms with E-state index in [1.807, 2.05) is 13.0 Å². The predicted molar refractivity (Wildman–Crippen MR) is 84.4 cm³/mol. The molecule has 0 radical (unpaired) electrons. The number of nitrogens with zero attached hydrogens (tertiary/aromatic N) is 2. The van der Waals surface area contributed by atoms with Crippen molar-refractivity contribution in [3.63, 3.8) is 0 Å². The van der Waals surface area contributed by atoms with Crippen LogP contribution in [0.1, 0.15) is 24.5 Å². The van der Waals surface area contributed by atoms with Crippen LogP contribution in [0.25, 0.3) is 0 Å². The van der Waals surface area contributed by atoms with Crippen molar-refractivity contribution >= 4 is 22.4 Å². The normalized spacial score (nSPS) is 23.1. The van der Waals surface area contributed by atoms with Crippen LogP contribution in [0.4, 0.5) is 0 Å². The first kappa shape index (κ1) is 17.9. The Labute approximate surface area is 132 Å². The SMILES string of the molecule is CC1CN(S(=O)(=O)Cc2cccc(C#N)c2)CCC1N.Cl. The van der Waals surface area contributed by atoms with E-state index >= 15 is 0 Å². The highest BCUT2D eigenvalue weighted by molar-refractivity contribution is 7.88. The quantitative estimate of drug-likeness (QED) is 0.909. The van der Waals surface area contributed by atoms with Crippen molar-refractivity contribution in [2.75, 3.05) is 13.1 Å². The highest BCUT2D eigenvalue weighted by Crippen LogP contribution is 2.20. The fourth-order valence-electron chi connectivity index (χ4n) is 2.41. The number of hydrogen-bond donors (Lipinski definition) is 1. The van der Waals surface area contributed by atoms with Gasteiger partial charge in [0.2, 0.25) is 10.0 Å². The van der Waals surface area contributed by atoms with Crippen molar-refractivity contribution in [1.29, 1.82) is 5.26 Å². The Morgan fingerprint density at radius 2 is 2.19 bits per heavy atom. The molecule has 2 atom stereocenters. The van der Waals surface area contributed by atoms with Crippen molar-refractivity contribution in [1.82, 2.24) is 4.31 Å². The minimum Gasteiger partial charge on any atom is -0.327 e. The first-order valence-corrected chi connectivity index (χ1v) is 8.26. The number of rotatable bonds is 3. The fraction of sp³-hybridized carbons (Fsp3) is 0.500. The highest BCUT2D eigenvalue weighted by Gasteiger charge is 2.30. The molecule has 0 saturated carbocycles. The van der Waals surface area contributed by atoms with Gasteiger partial charge >= 0.3 is 0 Å². The number of nitrogens with two attached hydrogens (primary N) is 1. The van der Waals surface area contributed by atoms with E-state index in [1.54, 1.807) is 24.3 Å². The summed E-state index contributed by atoms with van der Waals surface area (Å²) in [5.41, 5.74) is 7.04. The Kier molecular flexibility index (Phi) is 6.17. The summed E-state index contributed by atoms with van der Waals surface area (Å²) in [6, 6.07) is 8.82. The first-order chi connectivity index (χ1) is 9.42. The maximum Gasteiger partial charge on any atom is 0.218 e. The van der Waals surface area contributed by atoms with Crippen LogP contribution < -0.4 is 5.73 Å². The topological polar surface area (TPSA) is 87.2 Å². The first-order valence-electron chi connectivity index (χ1n) is 6.65. The molecule has 7 heteroatoms. The summed E-state index contributed by atoms with van der Waals surface area (Å²) < 4.78 is 26.3. The minimum absolute atomic E-state index is 0. The summed E-state index contributed by atoms with van der Waals surface area (Å²) in [7, 11) is -3.35. The summed E-state index contributed by atoms with van der Waals surface area (Å²) in [6.45, 7) is 2.93. The van der Waals surface area contributed by atoms with E-state index in [-0.39, 0.29) is 30.1 Å². The molecule has 1 fully saturated rings. The fourth-order valence-corrected chi connectivity index (χ4v) is 4.04. The van der Waals surface area contributed by atoms with Gasteiger partial charge in [0.25, 0.3) is 0 Å². The molecule has 1 aliphatic rings. The van der Waals surface area contributed by atoms with Gasteiger partial charge in [-0.3, -0.25) is 0 Å². The maximum absolute atomic E-state index is 12.4. The largest absolute Gasteiger partial charge is 0.327 e. The van der Waals surface area contributed by atoms with Crippen molar-refractivity contribution in [2.24, 2.45) is 11.7 Å². The number of halogens is 1. The summed E-state index contributed by atoms with van der Waals surface area (Å²) in [5.74, 6) is 0.105. The van der Waals surface area contributed by atoms with Gasteiger partial charge in [-0.05, 0) is 30.0 Å². The Hall–Kier alpha value is -1.13. The lowest BCUT2D eigenvalue weighted by atomic mass is 9.96. The average Bonchev–Trinajstić information content (AvgIpc) is 2.41. The zero-order valence-corrected chi connectivity index (χ0v) is 13.5. The molecule has 116 valence electrons. The van der Waals surface area contributed by atoms with E-state index in [0.29, 0.717) is 30.6 Å². The molecule has 0 bridgehead atoms. The number of hydrogen-bond acceptors (Lipinski definition) is 4. The van der Waals surface area contributed by atoms with Crippen LogP contribution in [0.3, 0.4) is 0 Å². The van der Waals surface area contributed by atoms with Gasteiger partial charge in [0.15, 0.2) is 0 Å². The smallest absolute Gasteiger partial charge is 0.218 e. The molecule has 0 spiro atoms. The second-order valence-corrected chi connectivity index (χ2v) is 7.33. The molecule has 2 rings (SSSR count). The predicted octanol–water partition coefficient (Wildman–Crippen LogP) is 1.48. The lowest BCUT2D eigenvalue weighted by Crippen LogP contribution is -2.48. The molecule has 1 heterocycles. The van der Waals surface area contributed by atoms with E-state index < -0.39 is 10.0 Å². The standard InChI is InChI=1S/C14H19N3O2S.ClH/c1-11-9-17(6-5-14(11)16)20(18,19)10-13-4-2-3-12(7-13)8-15;/h2-4,7,11,14H,5-6,9-10,16H2,1H3;1H. The van der Waals surface area contributed by atoms with Crippen molar-refractivity contribution < 1.29 is 8.42 Å². The molecular weight excluding hydrogens is 310 g/mol. The third-order valence-corrected chi connectivity index (χ3v) is 5.55. The van der Waals surface area contributed by atoms with Gasteiger partial charge in [-0.25, -0.2) is 12.7 Å². The molecule has 0 aromatic heterocycles. The average molecular weight is 330 g/mol. The second kappa shape index (κ2) is 7.23.